The van der Waals surface area contributed by atoms with Crippen LogP contribution in [0.25, 0.3) is 0 Å². The number of nitrogens with zero attached hydrogens (tertiary/aromatic N) is 1. The average Bonchev–Trinajstić information content (AvgIpc) is 3.15. The Labute approximate surface area is 120 Å². The highest BCUT2D eigenvalue weighted by Crippen LogP contribution is 2.40. The summed E-state index contributed by atoms with van der Waals surface area (Å²) in [5.74, 6) is 1.07. The Kier molecular flexibility index (Phi) is 3.37. The molecule has 1 aliphatic carbocycles. The van der Waals surface area contributed by atoms with Crippen molar-refractivity contribution in [2.24, 2.45) is 0 Å². The van der Waals surface area contributed by atoms with E-state index in [4.69, 9.17) is 16.1 Å². The first-order chi connectivity index (χ1) is 9.19. The molecule has 5 heteroatoms. The third kappa shape index (κ3) is 2.55. The fraction of sp³-hybridized carbons (Fsp3) is 0.286. The summed E-state index contributed by atoms with van der Waals surface area (Å²) in [7, 11) is 0. The van der Waals surface area contributed by atoms with Crippen molar-refractivity contribution in [3.05, 3.63) is 46.3 Å². The monoisotopic (exact) mass is 293 g/mol. The predicted octanol–water partition coefficient (Wildman–Crippen LogP) is 4.16. The van der Waals surface area contributed by atoms with Crippen LogP contribution in [0.15, 0.2) is 33.7 Å². The van der Waals surface area contributed by atoms with E-state index in [1.165, 1.54) is 0 Å². The Morgan fingerprint density at radius 3 is 2.84 bits per heavy atom. The molecule has 0 spiro atoms. The number of benzene rings is 1. The van der Waals surface area contributed by atoms with Gasteiger partial charge in [0.25, 0.3) is 0 Å². The van der Waals surface area contributed by atoms with Crippen LogP contribution in [0, 0.1) is 0 Å². The molecule has 0 bridgehead atoms. The quantitative estimate of drug-likeness (QED) is 0.627. The van der Waals surface area contributed by atoms with Crippen LogP contribution in [0.1, 0.15) is 40.6 Å². The Morgan fingerprint density at radius 2 is 2.21 bits per heavy atom. The summed E-state index contributed by atoms with van der Waals surface area (Å²) in [5.41, 5.74) is 0.802. The average molecular weight is 294 g/mol. The zero-order valence-electron chi connectivity index (χ0n) is 10.4. The highest BCUT2D eigenvalue weighted by molar-refractivity contribution is 7.98. The van der Waals surface area contributed by atoms with Crippen LogP contribution in [-0.2, 0) is 0 Å². The van der Waals surface area contributed by atoms with Crippen molar-refractivity contribution in [1.29, 1.82) is 0 Å². The van der Waals surface area contributed by atoms with Gasteiger partial charge in [0, 0.05) is 22.4 Å². The first kappa shape index (κ1) is 12.8. The molecule has 0 unspecified atom stereocenters. The molecular weight excluding hydrogens is 282 g/mol. The van der Waals surface area contributed by atoms with E-state index < -0.39 is 0 Å². The molecule has 0 N–H and O–H groups in total. The van der Waals surface area contributed by atoms with Crippen molar-refractivity contribution in [3.63, 3.8) is 0 Å². The zero-order chi connectivity index (χ0) is 13.4. The first-order valence-corrected chi connectivity index (χ1v) is 7.64. The first-order valence-electron chi connectivity index (χ1n) is 6.04. The molecule has 0 radical (unpaired) electrons. The molecule has 3 nitrogen and oxygen atoms in total. The second-order valence-electron chi connectivity index (χ2n) is 4.56. The van der Waals surface area contributed by atoms with Gasteiger partial charge in [0.1, 0.15) is 5.76 Å². The second-order valence-corrected chi connectivity index (χ2v) is 5.85. The maximum Gasteiger partial charge on any atom is 0.216 e. The van der Waals surface area contributed by atoms with Crippen LogP contribution in [0.5, 0.6) is 0 Å². The lowest BCUT2D eigenvalue weighted by molar-refractivity contribution is 0.103. The summed E-state index contributed by atoms with van der Waals surface area (Å²) in [5, 5.41) is 4.30. The maximum atomic E-state index is 12.3. The van der Waals surface area contributed by atoms with Gasteiger partial charge in [0.2, 0.25) is 5.78 Å². The number of halogens is 1. The standard InChI is InChI=1S/C14H12ClNO2S/c1-19-9-4-5-10(11(15)6-9)14(17)12-7-13(18-16-12)8-2-3-8/h4-8H,2-3H2,1H3. The topological polar surface area (TPSA) is 43.1 Å². The third-order valence-electron chi connectivity index (χ3n) is 3.16. The van der Waals surface area contributed by atoms with Gasteiger partial charge in [-0.05, 0) is 37.3 Å². The zero-order valence-corrected chi connectivity index (χ0v) is 11.9. The van der Waals surface area contributed by atoms with Crippen molar-refractivity contribution in [2.45, 2.75) is 23.7 Å². The molecule has 0 saturated heterocycles. The number of ketones is 1. The number of hydrogen-bond donors (Lipinski definition) is 0. The summed E-state index contributed by atoms with van der Waals surface area (Å²) in [6.45, 7) is 0. The number of aromatic nitrogens is 1. The van der Waals surface area contributed by atoms with Crippen molar-refractivity contribution >= 4 is 29.1 Å². The molecule has 1 aliphatic rings. The van der Waals surface area contributed by atoms with E-state index in [9.17, 15) is 4.79 Å². The lowest BCUT2D eigenvalue weighted by Crippen LogP contribution is -2.02. The minimum Gasteiger partial charge on any atom is -0.360 e. The number of thioether (sulfide) groups is 1. The summed E-state index contributed by atoms with van der Waals surface area (Å²) in [4.78, 5) is 13.3. The van der Waals surface area contributed by atoms with Gasteiger partial charge in [-0.2, -0.15) is 0 Å². The van der Waals surface area contributed by atoms with E-state index in [1.54, 1.807) is 30.0 Å². The van der Waals surface area contributed by atoms with Gasteiger partial charge in [0.05, 0.1) is 5.02 Å². The van der Waals surface area contributed by atoms with Gasteiger partial charge in [-0.25, -0.2) is 0 Å². The molecule has 19 heavy (non-hydrogen) atoms. The molecule has 1 fully saturated rings. The van der Waals surface area contributed by atoms with E-state index in [0.717, 1.165) is 23.5 Å². The van der Waals surface area contributed by atoms with Crippen LogP contribution in [0.3, 0.4) is 0 Å². The molecule has 3 rings (SSSR count). The molecule has 1 saturated carbocycles. The number of rotatable bonds is 4. The summed E-state index contributed by atoms with van der Waals surface area (Å²) in [6.07, 6.45) is 4.20. The van der Waals surface area contributed by atoms with Gasteiger partial charge < -0.3 is 4.52 Å². The normalized spacial score (nSPS) is 14.6. The van der Waals surface area contributed by atoms with Gasteiger partial charge in [-0.15, -0.1) is 11.8 Å². The maximum absolute atomic E-state index is 12.3. The van der Waals surface area contributed by atoms with Crippen molar-refractivity contribution in [3.8, 4) is 0 Å². The number of carbonyl (C=O) groups is 1. The highest BCUT2D eigenvalue weighted by atomic mass is 35.5. The molecule has 0 aliphatic heterocycles. The van der Waals surface area contributed by atoms with Crippen molar-refractivity contribution in [2.75, 3.05) is 6.26 Å². The summed E-state index contributed by atoms with van der Waals surface area (Å²) < 4.78 is 5.20. The molecular formula is C14H12ClNO2S. The molecule has 1 aromatic heterocycles. The van der Waals surface area contributed by atoms with Gasteiger partial charge in [-0.1, -0.05) is 16.8 Å². The van der Waals surface area contributed by atoms with Crippen LogP contribution < -0.4 is 0 Å². The van der Waals surface area contributed by atoms with E-state index in [-0.39, 0.29) is 5.78 Å². The smallest absolute Gasteiger partial charge is 0.216 e. The van der Waals surface area contributed by atoms with Crippen LogP contribution in [-0.4, -0.2) is 17.2 Å². The largest absolute Gasteiger partial charge is 0.360 e. The lowest BCUT2D eigenvalue weighted by atomic mass is 10.1. The Morgan fingerprint density at radius 1 is 1.42 bits per heavy atom. The Bertz CT molecular complexity index is 634. The minimum atomic E-state index is -0.187. The fourth-order valence-corrected chi connectivity index (χ4v) is 2.67. The summed E-state index contributed by atoms with van der Waals surface area (Å²) >= 11 is 7.73. The van der Waals surface area contributed by atoms with Gasteiger partial charge in [-0.3, -0.25) is 4.79 Å². The second kappa shape index (κ2) is 5.02. The number of hydrogen-bond acceptors (Lipinski definition) is 4. The predicted molar refractivity (Wildman–Crippen MR) is 75.1 cm³/mol. The van der Waals surface area contributed by atoms with Gasteiger partial charge >= 0.3 is 0 Å². The van der Waals surface area contributed by atoms with E-state index in [1.807, 2.05) is 12.3 Å². The van der Waals surface area contributed by atoms with Crippen molar-refractivity contribution in [1.82, 2.24) is 5.16 Å². The highest BCUT2D eigenvalue weighted by Gasteiger charge is 2.29. The van der Waals surface area contributed by atoms with Crippen LogP contribution in [0.2, 0.25) is 5.02 Å². The summed E-state index contributed by atoms with van der Waals surface area (Å²) in [6, 6.07) is 7.15. The van der Waals surface area contributed by atoms with Gasteiger partial charge in [0.15, 0.2) is 5.69 Å². The molecule has 0 amide bonds. The number of carbonyl (C=O) groups excluding carboxylic acids is 1. The minimum absolute atomic E-state index is 0.187. The van der Waals surface area contributed by atoms with E-state index in [2.05, 4.69) is 5.16 Å². The Balaban J connectivity index is 1.89. The van der Waals surface area contributed by atoms with Crippen LogP contribution in [0.4, 0.5) is 0 Å². The molecule has 1 aromatic carbocycles. The SMILES string of the molecule is CSc1ccc(C(=O)c2cc(C3CC3)on2)c(Cl)c1. The van der Waals surface area contributed by atoms with E-state index in [0.29, 0.717) is 22.2 Å². The fourth-order valence-electron chi connectivity index (χ4n) is 1.90. The Hall–Kier alpha value is -1.26. The third-order valence-corrected chi connectivity index (χ3v) is 4.20. The van der Waals surface area contributed by atoms with E-state index >= 15 is 0 Å². The molecule has 2 aromatic rings. The van der Waals surface area contributed by atoms with Crippen LogP contribution >= 0.6 is 23.4 Å². The lowest BCUT2D eigenvalue weighted by Gasteiger charge is -2.02. The molecule has 98 valence electrons. The molecule has 0 atom stereocenters. The molecule has 1 heterocycles. The van der Waals surface area contributed by atoms with Crippen molar-refractivity contribution < 1.29 is 9.32 Å².